The molecule has 1 aromatic heterocycles. The van der Waals surface area contributed by atoms with Crippen molar-refractivity contribution in [1.29, 1.82) is 0 Å². The van der Waals surface area contributed by atoms with Crippen LogP contribution >= 0.6 is 12.0 Å². The van der Waals surface area contributed by atoms with Crippen molar-refractivity contribution < 1.29 is 17.8 Å². The summed E-state index contributed by atoms with van der Waals surface area (Å²) >= 11 is 1.33. The van der Waals surface area contributed by atoms with E-state index >= 15 is 0 Å². The third-order valence-electron chi connectivity index (χ3n) is 6.32. The fraction of sp³-hybridized carbons (Fsp3) is 0.296. The molecule has 1 aliphatic rings. The second kappa shape index (κ2) is 10.1. The zero-order chi connectivity index (χ0) is 23.5. The lowest BCUT2D eigenvalue weighted by atomic mass is 9.91. The van der Waals surface area contributed by atoms with Crippen molar-refractivity contribution >= 4 is 23.0 Å². The van der Waals surface area contributed by atoms with E-state index in [-0.39, 0.29) is 5.82 Å². The highest BCUT2D eigenvalue weighted by molar-refractivity contribution is 7.95. The molecule has 0 unspecified atom stereocenters. The van der Waals surface area contributed by atoms with Crippen molar-refractivity contribution in [3.63, 3.8) is 0 Å². The number of nitrogens with zero attached hydrogens (tertiary/aromatic N) is 2. The van der Waals surface area contributed by atoms with Crippen LogP contribution in [0, 0.1) is 12.7 Å². The normalized spacial score (nSPS) is 15.0. The summed E-state index contributed by atoms with van der Waals surface area (Å²) in [5, 5.41) is 5.17. The smallest absolute Gasteiger partial charge is 0.179 e. The molecule has 0 aliphatic carbocycles. The first-order valence-corrected chi connectivity index (χ1v) is 12.2. The van der Waals surface area contributed by atoms with E-state index in [1.165, 1.54) is 35.3 Å². The van der Waals surface area contributed by atoms with Gasteiger partial charge in [-0.1, -0.05) is 28.9 Å². The van der Waals surface area contributed by atoms with E-state index in [9.17, 15) is 4.39 Å². The second-order valence-corrected chi connectivity index (χ2v) is 9.53. The van der Waals surface area contributed by atoms with Crippen molar-refractivity contribution in [3.05, 3.63) is 83.3 Å². The molecular weight excluding hydrogens is 451 g/mol. The van der Waals surface area contributed by atoms with E-state index in [0.717, 1.165) is 54.2 Å². The Kier molecular flexibility index (Phi) is 6.74. The first-order valence-electron chi connectivity index (χ1n) is 11.4. The van der Waals surface area contributed by atoms with Crippen LogP contribution in [0.15, 0.2) is 70.1 Å². The summed E-state index contributed by atoms with van der Waals surface area (Å²) in [4.78, 5) is 3.49. The minimum atomic E-state index is -0.300. The van der Waals surface area contributed by atoms with Gasteiger partial charge in [0.25, 0.3) is 0 Å². The number of fused-ring (bicyclic) bond motifs is 1. The highest BCUT2D eigenvalue weighted by atomic mass is 32.2. The molecule has 1 aliphatic heterocycles. The molecule has 2 heterocycles. The standard InChI is InChI=1S/C27H27FN2O3S/c1-18-3-7-22(8-4-18)34-33-24-10-5-19(15-26(24)31-2)17-30-13-11-20(12-14-30)27-23-9-6-21(28)16-25(23)32-29-27/h3-10,15-16,20H,11-14,17H2,1-2H3. The van der Waals surface area contributed by atoms with E-state index < -0.39 is 0 Å². The van der Waals surface area contributed by atoms with Crippen LogP contribution in [-0.2, 0) is 6.54 Å². The molecule has 5 rings (SSSR count). The predicted molar refractivity (Wildman–Crippen MR) is 132 cm³/mol. The summed E-state index contributed by atoms with van der Waals surface area (Å²) in [6.45, 7) is 4.84. The van der Waals surface area contributed by atoms with Crippen molar-refractivity contribution in [2.75, 3.05) is 20.2 Å². The van der Waals surface area contributed by atoms with Gasteiger partial charge in [0, 0.05) is 28.8 Å². The maximum atomic E-state index is 13.4. The average molecular weight is 479 g/mol. The van der Waals surface area contributed by atoms with Gasteiger partial charge in [0.05, 0.1) is 24.8 Å². The molecular formula is C27H27FN2O3S. The third kappa shape index (κ3) is 5.05. The van der Waals surface area contributed by atoms with Crippen LogP contribution in [0.4, 0.5) is 4.39 Å². The molecule has 0 bridgehead atoms. The van der Waals surface area contributed by atoms with E-state index in [2.05, 4.69) is 41.2 Å². The average Bonchev–Trinajstić information content (AvgIpc) is 3.27. The number of benzene rings is 3. The minimum Gasteiger partial charge on any atom is -0.493 e. The van der Waals surface area contributed by atoms with Gasteiger partial charge >= 0.3 is 0 Å². The van der Waals surface area contributed by atoms with Crippen LogP contribution in [0.1, 0.15) is 35.6 Å². The molecule has 176 valence electrons. The molecule has 5 nitrogen and oxygen atoms in total. The quantitative estimate of drug-likeness (QED) is 0.274. The fourth-order valence-electron chi connectivity index (χ4n) is 4.41. The zero-order valence-corrected chi connectivity index (χ0v) is 20.1. The molecule has 0 amide bonds. The maximum absolute atomic E-state index is 13.4. The number of likely N-dealkylation sites (tertiary alicyclic amines) is 1. The second-order valence-electron chi connectivity index (χ2n) is 8.72. The predicted octanol–water partition coefficient (Wildman–Crippen LogP) is 6.75. The molecule has 34 heavy (non-hydrogen) atoms. The van der Waals surface area contributed by atoms with Gasteiger partial charge in [-0.05, 0) is 74.8 Å². The van der Waals surface area contributed by atoms with Gasteiger partial charge in [-0.25, -0.2) is 4.39 Å². The molecule has 0 radical (unpaired) electrons. The molecule has 0 spiro atoms. The summed E-state index contributed by atoms with van der Waals surface area (Å²) in [6.07, 6.45) is 1.98. The summed E-state index contributed by atoms with van der Waals surface area (Å²) in [6, 6.07) is 19.0. The Morgan fingerprint density at radius 3 is 2.59 bits per heavy atom. The molecule has 7 heteroatoms. The monoisotopic (exact) mass is 478 g/mol. The molecule has 3 aromatic carbocycles. The summed E-state index contributed by atoms with van der Waals surface area (Å²) in [5.41, 5.74) is 3.88. The number of halogens is 1. The van der Waals surface area contributed by atoms with E-state index in [4.69, 9.17) is 13.4 Å². The summed E-state index contributed by atoms with van der Waals surface area (Å²) in [5.74, 6) is 1.47. The van der Waals surface area contributed by atoms with Gasteiger partial charge in [-0.2, -0.15) is 0 Å². The fourth-order valence-corrected chi connectivity index (χ4v) is 4.98. The first-order chi connectivity index (χ1) is 16.6. The molecule has 0 saturated carbocycles. The number of piperidine rings is 1. The minimum absolute atomic E-state index is 0.300. The Bertz CT molecular complexity index is 1270. The lowest BCUT2D eigenvalue weighted by Gasteiger charge is -2.31. The number of methoxy groups -OCH3 is 1. The van der Waals surface area contributed by atoms with Crippen LogP contribution in [0.3, 0.4) is 0 Å². The highest BCUT2D eigenvalue weighted by Crippen LogP contribution is 2.35. The molecule has 0 atom stereocenters. The van der Waals surface area contributed by atoms with E-state index in [0.29, 0.717) is 17.3 Å². The number of hydrogen-bond donors (Lipinski definition) is 0. The number of rotatable bonds is 7. The number of aromatic nitrogens is 1. The maximum Gasteiger partial charge on any atom is 0.179 e. The van der Waals surface area contributed by atoms with Crippen molar-refractivity contribution in [3.8, 4) is 11.5 Å². The van der Waals surface area contributed by atoms with Crippen LogP contribution in [-0.4, -0.2) is 30.3 Å². The van der Waals surface area contributed by atoms with Crippen LogP contribution < -0.4 is 8.92 Å². The Hall–Kier alpha value is -3.03. The number of aryl methyl sites for hydroxylation is 1. The number of ether oxygens (including phenoxy) is 1. The van der Waals surface area contributed by atoms with Crippen molar-refractivity contribution in [1.82, 2.24) is 10.1 Å². The summed E-state index contributed by atoms with van der Waals surface area (Å²) in [7, 11) is 1.67. The molecule has 4 aromatic rings. The molecule has 0 N–H and O–H groups in total. The van der Waals surface area contributed by atoms with Crippen LogP contribution in [0.5, 0.6) is 11.5 Å². The zero-order valence-electron chi connectivity index (χ0n) is 19.3. The van der Waals surface area contributed by atoms with Crippen LogP contribution in [0.25, 0.3) is 11.0 Å². The van der Waals surface area contributed by atoms with Gasteiger partial charge in [0.1, 0.15) is 5.82 Å². The topological polar surface area (TPSA) is 47.7 Å². The van der Waals surface area contributed by atoms with Gasteiger partial charge in [-0.15, -0.1) is 0 Å². The lowest BCUT2D eigenvalue weighted by molar-refractivity contribution is 0.201. The van der Waals surface area contributed by atoms with E-state index in [1.54, 1.807) is 13.2 Å². The van der Waals surface area contributed by atoms with Gasteiger partial charge in [0.15, 0.2) is 17.1 Å². The Labute approximate surface area is 203 Å². The molecule has 1 saturated heterocycles. The molecule has 1 fully saturated rings. The SMILES string of the molecule is COc1cc(CN2CCC(c3noc4cc(F)ccc34)CC2)ccc1OSc1ccc(C)cc1. The van der Waals surface area contributed by atoms with Gasteiger partial charge in [-0.3, -0.25) is 4.90 Å². The Balaban J connectivity index is 1.19. The summed E-state index contributed by atoms with van der Waals surface area (Å²) < 4.78 is 30.3. The third-order valence-corrected chi connectivity index (χ3v) is 7.05. The van der Waals surface area contributed by atoms with E-state index in [1.807, 2.05) is 18.2 Å². The van der Waals surface area contributed by atoms with Crippen molar-refractivity contribution in [2.24, 2.45) is 0 Å². The first kappa shape index (κ1) is 22.7. The Morgan fingerprint density at radius 2 is 1.82 bits per heavy atom. The van der Waals surface area contributed by atoms with Crippen molar-refractivity contribution in [2.45, 2.75) is 37.1 Å². The lowest BCUT2D eigenvalue weighted by Crippen LogP contribution is -2.32. The largest absolute Gasteiger partial charge is 0.493 e. The highest BCUT2D eigenvalue weighted by Gasteiger charge is 2.25. The van der Waals surface area contributed by atoms with Gasteiger partial charge in [0.2, 0.25) is 0 Å². The van der Waals surface area contributed by atoms with Gasteiger partial charge < -0.3 is 13.4 Å². The Morgan fingerprint density at radius 1 is 1.03 bits per heavy atom. The van der Waals surface area contributed by atoms with Crippen LogP contribution in [0.2, 0.25) is 0 Å². The number of hydrogen-bond acceptors (Lipinski definition) is 6.